The van der Waals surface area contributed by atoms with Crippen LogP contribution in [0.3, 0.4) is 0 Å². The van der Waals surface area contributed by atoms with Crippen LogP contribution in [0.5, 0.6) is 11.5 Å². The monoisotopic (exact) mass is 313 g/mol. The van der Waals surface area contributed by atoms with Crippen molar-refractivity contribution in [2.45, 2.75) is 32.2 Å². The van der Waals surface area contributed by atoms with Gasteiger partial charge >= 0.3 is 0 Å². The smallest absolute Gasteiger partial charge is 0.175 e. The summed E-state index contributed by atoms with van der Waals surface area (Å²) < 4.78 is 11.8. The maximum atomic E-state index is 5.40. The molecule has 4 heteroatoms. The standard InChI is InChI=1S/C14H20BrNO2/c1-9-10(7-11-5-4-6-16-11)8-12(17-2)14(18-3)13(9)15/h8,11,16H,4-7H2,1-3H3. The Morgan fingerprint density at radius 1 is 1.39 bits per heavy atom. The molecule has 0 saturated carbocycles. The first-order valence-corrected chi connectivity index (χ1v) is 7.10. The summed E-state index contributed by atoms with van der Waals surface area (Å²) in [5, 5.41) is 3.53. The number of ether oxygens (including phenoxy) is 2. The summed E-state index contributed by atoms with van der Waals surface area (Å²) in [5.74, 6) is 1.57. The highest BCUT2D eigenvalue weighted by atomic mass is 79.9. The molecule has 18 heavy (non-hydrogen) atoms. The van der Waals surface area contributed by atoms with Crippen LogP contribution in [0, 0.1) is 6.92 Å². The molecule has 0 aliphatic carbocycles. The van der Waals surface area contributed by atoms with Gasteiger partial charge < -0.3 is 14.8 Å². The minimum atomic E-state index is 0.591. The third-order valence-electron chi connectivity index (χ3n) is 3.59. The first-order valence-electron chi connectivity index (χ1n) is 6.30. The van der Waals surface area contributed by atoms with E-state index in [9.17, 15) is 0 Å². The fourth-order valence-electron chi connectivity index (χ4n) is 2.50. The van der Waals surface area contributed by atoms with Gasteiger partial charge in [-0.3, -0.25) is 0 Å². The van der Waals surface area contributed by atoms with Crippen molar-refractivity contribution in [3.63, 3.8) is 0 Å². The van der Waals surface area contributed by atoms with Crippen LogP contribution in [-0.2, 0) is 6.42 Å². The molecule has 0 amide bonds. The summed E-state index contributed by atoms with van der Waals surface area (Å²) in [6.07, 6.45) is 3.58. The lowest BCUT2D eigenvalue weighted by atomic mass is 9.99. The van der Waals surface area contributed by atoms with Crippen molar-refractivity contribution in [1.29, 1.82) is 0 Å². The van der Waals surface area contributed by atoms with Crippen LogP contribution >= 0.6 is 15.9 Å². The van der Waals surface area contributed by atoms with Gasteiger partial charge in [0.15, 0.2) is 11.5 Å². The zero-order valence-electron chi connectivity index (χ0n) is 11.2. The van der Waals surface area contributed by atoms with E-state index in [-0.39, 0.29) is 0 Å². The van der Waals surface area contributed by atoms with Gasteiger partial charge in [0.2, 0.25) is 0 Å². The highest BCUT2D eigenvalue weighted by Crippen LogP contribution is 2.39. The molecule has 1 saturated heterocycles. The Kier molecular flexibility index (Phi) is 4.51. The third kappa shape index (κ3) is 2.64. The van der Waals surface area contributed by atoms with Crippen molar-refractivity contribution in [2.75, 3.05) is 20.8 Å². The van der Waals surface area contributed by atoms with Crippen molar-refractivity contribution >= 4 is 15.9 Å². The molecule has 3 nitrogen and oxygen atoms in total. The molecule has 0 bridgehead atoms. The average molecular weight is 314 g/mol. The third-order valence-corrected chi connectivity index (χ3v) is 4.55. The number of benzene rings is 1. The predicted octanol–water partition coefficient (Wildman–Crippen LogP) is 3.07. The maximum absolute atomic E-state index is 5.40. The Bertz CT molecular complexity index is 428. The van der Waals surface area contributed by atoms with E-state index in [2.05, 4.69) is 34.2 Å². The summed E-state index contributed by atoms with van der Waals surface area (Å²) in [5.41, 5.74) is 2.56. The van der Waals surface area contributed by atoms with Crippen molar-refractivity contribution in [3.05, 3.63) is 21.7 Å². The van der Waals surface area contributed by atoms with Gasteiger partial charge in [0.1, 0.15) is 0 Å². The molecule has 0 radical (unpaired) electrons. The topological polar surface area (TPSA) is 30.5 Å². The van der Waals surface area contributed by atoms with E-state index in [4.69, 9.17) is 9.47 Å². The molecule has 1 unspecified atom stereocenters. The summed E-state index contributed by atoms with van der Waals surface area (Å²) in [6.45, 7) is 3.26. The molecule has 0 aromatic heterocycles. The highest BCUT2D eigenvalue weighted by molar-refractivity contribution is 9.10. The van der Waals surface area contributed by atoms with Crippen LogP contribution in [0.25, 0.3) is 0 Å². The first kappa shape index (κ1) is 13.7. The molecule has 100 valence electrons. The number of halogens is 1. The Labute approximate surface area is 117 Å². The second-order valence-corrected chi connectivity index (χ2v) is 5.50. The molecule has 1 fully saturated rings. The van der Waals surface area contributed by atoms with Crippen molar-refractivity contribution in [1.82, 2.24) is 5.32 Å². The summed E-state index contributed by atoms with van der Waals surface area (Å²) >= 11 is 3.61. The molecule has 2 rings (SSSR count). The van der Waals surface area contributed by atoms with E-state index in [0.717, 1.165) is 28.9 Å². The minimum absolute atomic E-state index is 0.591. The van der Waals surface area contributed by atoms with Crippen LogP contribution in [0.1, 0.15) is 24.0 Å². The molecule has 1 aromatic carbocycles. The Morgan fingerprint density at radius 3 is 2.72 bits per heavy atom. The SMILES string of the molecule is COc1cc(CC2CCCN2)c(C)c(Br)c1OC. The Balaban J connectivity index is 2.32. The van der Waals surface area contributed by atoms with E-state index >= 15 is 0 Å². The van der Waals surface area contributed by atoms with E-state index in [1.165, 1.54) is 24.0 Å². The quantitative estimate of drug-likeness (QED) is 0.926. The molecular formula is C14H20BrNO2. The number of hydrogen-bond acceptors (Lipinski definition) is 3. The van der Waals surface area contributed by atoms with Gasteiger partial charge in [0.05, 0.1) is 18.7 Å². The van der Waals surface area contributed by atoms with Crippen LogP contribution in [0.15, 0.2) is 10.5 Å². The number of rotatable bonds is 4. The van der Waals surface area contributed by atoms with E-state index in [1.807, 2.05) is 0 Å². The largest absolute Gasteiger partial charge is 0.493 e. The lowest BCUT2D eigenvalue weighted by Crippen LogP contribution is -2.24. The summed E-state index contributed by atoms with van der Waals surface area (Å²) in [4.78, 5) is 0. The minimum Gasteiger partial charge on any atom is -0.493 e. The second-order valence-electron chi connectivity index (χ2n) is 4.71. The lowest BCUT2D eigenvalue weighted by Gasteiger charge is -2.18. The Morgan fingerprint density at radius 2 is 2.17 bits per heavy atom. The normalized spacial score (nSPS) is 19.0. The molecule has 1 aliphatic heterocycles. The fraction of sp³-hybridized carbons (Fsp3) is 0.571. The number of nitrogens with one attached hydrogen (secondary N) is 1. The maximum Gasteiger partial charge on any atom is 0.175 e. The van der Waals surface area contributed by atoms with Crippen LogP contribution < -0.4 is 14.8 Å². The van der Waals surface area contributed by atoms with Crippen molar-refractivity contribution in [2.24, 2.45) is 0 Å². The van der Waals surface area contributed by atoms with Gasteiger partial charge in [0.25, 0.3) is 0 Å². The molecule has 1 aromatic rings. The first-order chi connectivity index (χ1) is 8.67. The van der Waals surface area contributed by atoms with Crippen molar-refractivity contribution in [3.8, 4) is 11.5 Å². The highest BCUT2D eigenvalue weighted by Gasteiger charge is 2.19. The average Bonchev–Trinajstić information content (AvgIpc) is 2.87. The number of hydrogen-bond donors (Lipinski definition) is 1. The molecule has 0 spiro atoms. The number of methoxy groups -OCH3 is 2. The molecule has 1 atom stereocenters. The lowest BCUT2D eigenvalue weighted by molar-refractivity contribution is 0.352. The predicted molar refractivity (Wildman–Crippen MR) is 76.7 cm³/mol. The van der Waals surface area contributed by atoms with Gasteiger partial charge in [-0.1, -0.05) is 0 Å². The zero-order chi connectivity index (χ0) is 13.1. The van der Waals surface area contributed by atoms with Gasteiger partial charge in [-0.2, -0.15) is 0 Å². The van der Waals surface area contributed by atoms with Gasteiger partial charge in [0, 0.05) is 6.04 Å². The van der Waals surface area contributed by atoms with E-state index < -0.39 is 0 Å². The molecule has 1 aliphatic rings. The van der Waals surface area contributed by atoms with Crippen molar-refractivity contribution < 1.29 is 9.47 Å². The second kappa shape index (κ2) is 5.93. The van der Waals surface area contributed by atoms with Gasteiger partial charge in [-0.25, -0.2) is 0 Å². The Hall–Kier alpha value is -0.740. The zero-order valence-corrected chi connectivity index (χ0v) is 12.8. The summed E-state index contributed by atoms with van der Waals surface area (Å²) in [7, 11) is 3.34. The fourth-order valence-corrected chi connectivity index (χ4v) is 3.11. The van der Waals surface area contributed by atoms with Crippen LogP contribution in [0.2, 0.25) is 0 Å². The van der Waals surface area contributed by atoms with E-state index in [0.29, 0.717) is 6.04 Å². The molecular weight excluding hydrogens is 294 g/mol. The van der Waals surface area contributed by atoms with Crippen LogP contribution in [0.4, 0.5) is 0 Å². The molecule has 1 heterocycles. The van der Waals surface area contributed by atoms with Gasteiger partial charge in [-0.05, 0) is 65.9 Å². The summed E-state index contributed by atoms with van der Waals surface area (Å²) in [6, 6.07) is 2.69. The van der Waals surface area contributed by atoms with Crippen LogP contribution in [-0.4, -0.2) is 26.8 Å². The van der Waals surface area contributed by atoms with Gasteiger partial charge in [-0.15, -0.1) is 0 Å². The van der Waals surface area contributed by atoms with E-state index in [1.54, 1.807) is 14.2 Å². The molecule has 1 N–H and O–H groups in total.